The summed E-state index contributed by atoms with van der Waals surface area (Å²) in [7, 11) is 0. The summed E-state index contributed by atoms with van der Waals surface area (Å²) in [5, 5.41) is 31.0. The minimum absolute atomic E-state index is 0.522. The van der Waals surface area contributed by atoms with Crippen LogP contribution in [-0.2, 0) is 0 Å². The molecule has 0 saturated carbocycles. The zero-order valence-corrected chi connectivity index (χ0v) is 39.8. The van der Waals surface area contributed by atoms with Crippen LogP contribution in [0.4, 0.5) is 11.4 Å². The Labute approximate surface area is 424 Å². The molecule has 0 unspecified atom stereocenters. The standard InChI is InChI=1S/C67H41N7/c68-42-54-64(71-55-30-12-4-22-46(55)47-23-5-13-31-56(47)71)66(73-59-34-16-8-26-50(59)51-27-9-17-35-60(51)73)63(43-38-40-45(41-39-43)70-69-44-20-2-1-3-21-44)67(74-61-36-18-10-28-52(61)53-29-11-19-37-62(53)74)65(54)72-57-32-14-6-24-48(57)49-25-7-15-33-58(49)72/h1-41H. The van der Waals surface area contributed by atoms with Crippen LogP contribution in [0.3, 0.4) is 0 Å². The van der Waals surface area contributed by atoms with Gasteiger partial charge in [0.05, 0.1) is 78.3 Å². The summed E-state index contributed by atoms with van der Waals surface area (Å²) in [6.45, 7) is 0. The van der Waals surface area contributed by atoms with E-state index in [1.807, 2.05) is 30.3 Å². The molecule has 0 saturated heterocycles. The van der Waals surface area contributed by atoms with Gasteiger partial charge in [0.1, 0.15) is 11.6 Å². The lowest BCUT2D eigenvalue weighted by molar-refractivity contribution is 1.04. The number of azo groups is 1. The van der Waals surface area contributed by atoms with Crippen molar-refractivity contribution in [3.63, 3.8) is 0 Å². The predicted octanol–water partition coefficient (Wildman–Crippen LogP) is 18.0. The normalized spacial score (nSPS) is 12.0. The summed E-state index contributed by atoms with van der Waals surface area (Å²) >= 11 is 0. The van der Waals surface area contributed by atoms with Crippen LogP contribution in [0, 0.1) is 11.3 Å². The summed E-state index contributed by atoms with van der Waals surface area (Å²) in [4.78, 5) is 0. The zero-order valence-electron chi connectivity index (χ0n) is 39.8. The molecule has 11 aromatic carbocycles. The van der Waals surface area contributed by atoms with Crippen LogP contribution >= 0.6 is 0 Å². The van der Waals surface area contributed by atoms with Crippen LogP contribution in [0.25, 0.3) is 121 Å². The van der Waals surface area contributed by atoms with Crippen molar-refractivity contribution < 1.29 is 0 Å². The minimum Gasteiger partial charge on any atom is -0.306 e. The van der Waals surface area contributed by atoms with E-state index in [9.17, 15) is 5.26 Å². The molecule has 74 heavy (non-hydrogen) atoms. The van der Waals surface area contributed by atoms with Crippen molar-refractivity contribution in [2.24, 2.45) is 10.2 Å². The van der Waals surface area contributed by atoms with Crippen LogP contribution in [-0.4, -0.2) is 18.3 Å². The second-order valence-corrected chi connectivity index (χ2v) is 18.8. The van der Waals surface area contributed by atoms with Crippen LogP contribution < -0.4 is 0 Å². The highest BCUT2D eigenvalue weighted by molar-refractivity contribution is 6.17. The number of fused-ring (bicyclic) bond motifs is 12. The molecule has 7 nitrogen and oxygen atoms in total. The van der Waals surface area contributed by atoms with Gasteiger partial charge in [-0.15, -0.1) is 0 Å². The molecule has 0 atom stereocenters. The molecule has 4 aromatic heterocycles. The molecule has 0 bridgehead atoms. The van der Waals surface area contributed by atoms with Crippen molar-refractivity contribution in [1.82, 2.24) is 18.3 Å². The highest BCUT2D eigenvalue weighted by Crippen LogP contribution is 2.52. The monoisotopic (exact) mass is 943 g/mol. The van der Waals surface area contributed by atoms with Crippen molar-refractivity contribution in [3.8, 4) is 39.9 Å². The molecule has 15 aromatic rings. The molecule has 0 spiro atoms. The quantitative estimate of drug-likeness (QED) is 0.147. The second-order valence-electron chi connectivity index (χ2n) is 18.8. The summed E-state index contributed by atoms with van der Waals surface area (Å²) in [6, 6.07) is 90.4. The number of para-hydroxylation sites is 8. The van der Waals surface area contributed by atoms with Gasteiger partial charge in [-0.3, -0.25) is 0 Å². The van der Waals surface area contributed by atoms with E-state index < -0.39 is 0 Å². The Bertz CT molecular complexity index is 4380. The first kappa shape index (κ1) is 41.5. The highest BCUT2D eigenvalue weighted by Gasteiger charge is 2.34. The lowest BCUT2D eigenvalue weighted by Gasteiger charge is -2.29. The Morgan fingerprint density at radius 3 is 0.784 bits per heavy atom. The molecule has 0 aliphatic carbocycles. The Hall–Kier alpha value is -10.3. The molecule has 0 fully saturated rings. The maximum Gasteiger partial charge on any atom is 0.104 e. The Morgan fingerprint density at radius 1 is 0.257 bits per heavy atom. The predicted molar refractivity (Wildman–Crippen MR) is 305 cm³/mol. The number of nitrogens with zero attached hydrogens (tertiary/aromatic N) is 7. The third-order valence-corrected chi connectivity index (χ3v) is 14.9. The molecule has 0 aliphatic heterocycles. The molecule has 0 radical (unpaired) electrons. The SMILES string of the molecule is N#Cc1c(-n2c3ccccc3c3ccccc32)c(-n2c3ccccc3c3ccccc32)c(-c2ccc(N=Nc3ccccc3)cc2)c(-n2c3ccccc3c3ccccc32)c1-n1c2ccccc2c2ccccc21. The van der Waals surface area contributed by atoms with Gasteiger partial charge < -0.3 is 18.3 Å². The van der Waals surface area contributed by atoms with Crippen LogP contribution in [0.2, 0.25) is 0 Å². The fourth-order valence-corrected chi connectivity index (χ4v) is 11.9. The van der Waals surface area contributed by atoms with E-state index in [1.54, 1.807) is 0 Å². The van der Waals surface area contributed by atoms with Gasteiger partial charge in [-0.2, -0.15) is 15.5 Å². The van der Waals surface area contributed by atoms with Gasteiger partial charge in [0.25, 0.3) is 0 Å². The van der Waals surface area contributed by atoms with Crippen molar-refractivity contribution in [2.45, 2.75) is 0 Å². The smallest absolute Gasteiger partial charge is 0.104 e. The summed E-state index contributed by atoms with van der Waals surface area (Å²) in [5.41, 5.74) is 15.2. The van der Waals surface area contributed by atoms with Crippen LogP contribution in [0.5, 0.6) is 0 Å². The van der Waals surface area contributed by atoms with Crippen molar-refractivity contribution in [2.75, 3.05) is 0 Å². The van der Waals surface area contributed by atoms with Gasteiger partial charge in [-0.1, -0.05) is 176 Å². The van der Waals surface area contributed by atoms with E-state index in [4.69, 9.17) is 5.11 Å². The number of nitriles is 1. The lowest BCUT2D eigenvalue weighted by Crippen LogP contribution is -2.16. The van der Waals surface area contributed by atoms with Crippen LogP contribution in [0.15, 0.2) is 259 Å². The molecule has 7 heteroatoms. The van der Waals surface area contributed by atoms with Crippen molar-refractivity contribution in [1.29, 1.82) is 5.26 Å². The van der Waals surface area contributed by atoms with Gasteiger partial charge in [0, 0.05) is 48.7 Å². The third-order valence-electron chi connectivity index (χ3n) is 14.9. The molecular formula is C67H41N7. The minimum atomic E-state index is 0.522. The van der Waals surface area contributed by atoms with Gasteiger partial charge in [-0.05, 0) is 78.4 Å². The number of hydrogen-bond acceptors (Lipinski definition) is 3. The molecular weight excluding hydrogens is 903 g/mol. The molecule has 0 N–H and O–H groups in total. The van der Waals surface area contributed by atoms with Gasteiger partial charge in [0.15, 0.2) is 0 Å². The van der Waals surface area contributed by atoms with E-state index in [2.05, 4.69) is 248 Å². The van der Waals surface area contributed by atoms with Crippen LogP contribution in [0.1, 0.15) is 5.56 Å². The fraction of sp³-hybridized carbons (Fsp3) is 0. The van der Waals surface area contributed by atoms with E-state index in [0.717, 1.165) is 127 Å². The Balaban J connectivity index is 1.25. The summed E-state index contributed by atoms with van der Waals surface area (Å²) in [6.07, 6.45) is 0. The molecule has 4 heterocycles. The van der Waals surface area contributed by atoms with Gasteiger partial charge in [-0.25, -0.2) is 0 Å². The topological polar surface area (TPSA) is 68.2 Å². The van der Waals surface area contributed by atoms with Gasteiger partial charge >= 0.3 is 0 Å². The summed E-state index contributed by atoms with van der Waals surface area (Å²) in [5.74, 6) is 0. The average Bonchev–Trinajstić information content (AvgIpc) is 4.20. The number of benzene rings is 11. The third kappa shape index (κ3) is 6.00. The molecule has 15 rings (SSSR count). The van der Waals surface area contributed by atoms with E-state index in [-0.39, 0.29) is 0 Å². The summed E-state index contributed by atoms with van der Waals surface area (Å²) < 4.78 is 9.58. The number of rotatable bonds is 7. The van der Waals surface area contributed by atoms with E-state index in [1.165, 1.54) is 0 Å². The van der Waals surface area contributed by atoms with E-state index in [0.29, 0.717) is 11.3 Å². The lowest BCUT2D eigenvalue weighted by atomic mass is 9.93. The van der Waals surface area contributed by atoms with Crippen molar-refractivity contribution >= 4 is 98.6 Å². The largest absolute Gasteiger partial charge is 0.306 e. The maximum absolute atomic E-state index is 12.7. The number of hydrogen-bond donors (Lipinski definition) is 0. The Morgan fingerprint density at radius 2 is 0.500 bits per heavy atom. The zero-order chi connectivity index (χ0) is 48.9. The highest BCUT2D eigenvalue weighted by atomic mass is 15.1. The Kier molecular flexibility index (Phi) is 9.19. The maximum atomic E-state index is 12.7. The van der Waals surface area contributed by atoms with Gasteiger partial charge in [0.2, 0.25) is 0 Å². The molecule has 0 amide bonds. The first-order valence-electron chi connectivity index (χ1n) is 24.9. The molecule has 0 aliphatic rings. The van der Waals surface area contributed by atoms with Crippen molar-refractivity contribution in [3.05, 3.63) is 254 Å². The average molecular weight is 944 g/mol. The fourth-order valence-electron chi connectivity index (χ4n) is 11.9. The number of aromatic nitrogens is 4. The second kappa shape index (κ2) is 16.4. The van der Waals surface area contributed by atoms with E-state index >= 15 is 0 Å². The molecule has 344 valence electrons. The first-order chi connectivity index (χ1) is 36.7. The first-order valence-corrected chi connectivity index (χ1v) is 24.9.